The Kier molecular flexibility index (Phi) is 5.16. The molecule has 6 nitrogen and oxygen atoms in total. The Balaban J connectivity index is 1.67. The first-order valence-corrected chi connectivity index (χ1v) is 8.46. The lowest BCUT2D eigenvalue weighted by Gasteiger charge is -2.32. The normalized spacial score (nSPS) is 17.2. The number of benzene rings is 1. The fraction of sp³-hybridized carbons (Fsp3) is 0.421. The van der Waals surface area contributed by atoms with Crippen LogP contribution in [0, 0.1) is 13.8 Å². The molecule has 6 heteroatoms. The smallest absolute Gasteiger partial charge is 0.253 e. The van der Waals surface area contributed by atoms with E-state index in [1.54, 1.807) is 13.3 Å². The Labute approximate surface area is 147 Å². The van der Waals surface area contributed by atoms with E-state index in [1.165, 1.54) is 11.8 Å². The number of rotatable bonds is 4. The van der Waals surface area contributed by atoms with E-state index >= 15 is 0 Å². The summed E-state index contributed by atoms with van der Waals surface area (Å²) in [5.74, 6) is 0.884. The maximum atomic E-state index is 12.8. The van der Waals surface area contributed by atoms with Gasteiger partial charge in [0.1, 0.15) is 6.10 Å². The van der Waals surface area contributed by atoms with Crippen molar-refractivity contribution in [1.82, 2.24) is 14.9 Å². The second-order valence-electron chi connectivity index (χ2n) is 6.33. The van der Waals surface area contributed by atoms with Crippen LogP contribution in [0.4, 0.5) is 0 Å². The molecule has 2 heterocycles. The fourth-order valence-electron chi connectivity index (χ4n) is 2.93. The molecule has 1 atom stereocenters. The molecule has 1 unspecified atom stereocenters. The predicted octanol–water partition coefficient (Wildman–Crippen LogP) is 2.79. The molecular formula is C19H23N3O3. The van der Waals surface area contributed by atoms with E-state index in [1.807, 2.05) is 36.9 Å². The van der Waals surface area contributed by atoms with Crippen molar-refractivity contribution in [1.29, 1.82) is 0 Å². The Hall–Kier alpha value is -2.63. The summed E-state index contributed by atoms with van der Waals surface area (Å²) >= 11 is 0. The molecule has 0 radical (unpaired) electrons. The van der Waals surface area contributed by atoms with E-state index in [0.717, 1.165) is 30.5 Å². The average Bonchev–Trinajstić information content (AvgIpc) is 2.64. The van der Waals surface area contributed by atoms with Gasteiger partial charge in [-0.25, -0.2) is 0 Å². The van der Waals surface area contributed by atoms with Crippen LogP contribution in [-0.2, 0) is 0 Å². The molecule has 0 spiro atoms. The molecule has 1 amide bonds. The van der Waals surface area contributed by atoms with Gasteiger partial charge < -0.3 is 14.4 Å². The Morgan fingerprint density at radius 1 is 1.20 bits per heavy atom. The molecule has 1 aliphatic rings. The maximum absolute atomic E-state index is 12.8. The second-order valence-corrected chi connectivity index (χ2v) is 6.33. The molecule has 1 aliphatic heterocycles. The van der Waals surface area contributed by atoms with E-state index in [0.29, 0.717) is 18.3 Å². The molecule has 25 heavy (non-hydrogen) atoms. The monoisotopic (exact) mass is 341 g/mol. The number of ether oxygens (including phenoxy) is 2. The molecule has 132 valence electrons. The van der Waals surface area contributed by atoms with E-state index in [-0.39, 0.29) is 12.0 Å². The van der Waals surface area contributed by atoms with Gasteiger partial charge in [0.25, 0.3) is 5.91 Å². The van der Waals surface area contributed by atoms with Crippen molar-refractivity contribution in [2.75, 3.05) is 20.2 Å². The number of piperidine rings is 1. The number of aromatic nitrogens is 2. The van der Waals surface area contributed by atoms with Gasteiger partial charge in [-0.05, 0) is 49.9 Å². The van der Waals surface area contributed by atoms with Crippen molar-refractivity contribution in [3.8, 4) is 11.8 Å². The van der Waals surface area contributed by atoms with Crippen LogP contribution in [0.3, 0.4) is 0 Å². The molecular weight excluding hydrogens is 318 g/mol. The van der Waals surface area contributed by atoms with Gasteiger partial charge >= 0.3 is 0 Å². The zero-order valence-corrected chi connectivity index (χ0v) is 14.9. The van der Waals surface area contributed by atoms with Crippen molar-refractivity contribution in [3.63, 3.8) is 0 Å². The number of methoxy groups -OCH3 is 1. The van der Waals surface area contributed by atoms with Crippen molar-refractivity contribution >= 4 is 5.91 Å². The lowest BCUT2D eigenvalue weighted by molar-refractivity contribution is 0.0525. The van der Waals surface area contributed by atoms with Crippen LogP contribution in [0.1, 0.15) is 34.3 Å². The summed E-state index contributed by atoms with van der Waals surface area (Å²) in [6, 6.07) is 5.84. The molecule has 3 rings (SSSR count). The van der Waals surface area contributed by atoms with Gasteiger partial charge in [0, 0.05) is 12.1 Å². The Bertz CT molecular complexity index is 763. The highest BCUT2D eigenvalue weighted by Crippen LogP contribution is 2.20. The zero-order chi connectivity index (χ0) is 17.8. The van der Waals surface area contributed by atoms with Gasteiger partial charge in [-0.3, -0.25) is 9.78 Å². The van der Waals surface area contributed by atoms with Crippen LogP contribution in [0.25, 0.3) is 0 Å². The number of carbonyl (C=O) groups is 1. The molecule has 1 aromatic heterocycles. The van der Waals surface area contributed by atoms with Crippen LogP contribution in [0.2, 0.25) is 0 Å². The first kappa shape index (κ1) is 17.2. The number of aryl methyl sites for hydroxylation is 2. The highest BCUT2D eigenvalue weighted by molar-refractivity contribution is 5.94. The minimum atomic E-state index is -0.0920. The molecule has 0 aliphatic carbocycles. The minimum Gasteiger partial charge on any atom is -0.480 e. The molecule has 1 fully saturated rings. The van der Waals surface area contributed by atoms with E-state index in [4.69, 9.17) is 9.47 Å². The lowest BCUT2D eigenvalue weighted by Crippen LogP contribution is -2.44. The van der Waals surface area contributed by atoms with Crippen LogP contribution < -0.4 is 9.47 Å². The number of nitrogens with zero attached hydrogens (tertiary/aromatic N) is 3. The molecule has 0 N–H and O–H groups in total. The van der Waals surface area contributed by atoms with Crippen molar-refractivity contribution < 1.29 is 14.3 Å². The van der Waals surface area contributed by atoms with Gasteiger partial charge in [-0.15, -0.1) is 0 Å². The summed E-state index contributed by atoms with van der Waals surface area (Å²) in [6.07, 6.45) is 4.79. The number of likely N-dealkylation sites (tertiary alicyclic amines) is 1. The van der Waals surface area contributed by atoms with E-state index < -0.39 is 0 Å². The predicted molar refractivity (Wildman–Crippen MR) is 94.1 cm³/mol. The minimum absolute atomic E-state index is 0.0492. The molecule has 1 saturated heterocycles. The number of carbonyl (C=O) groups excluding carboxylic acids is 1. The highest BCUT2D eigenvalue weighted by atomic mass is 16.5. The SMILES string of the molecule is COc1cncc(OC2CCCN(C(=O)c3ccc(C)c(C)c3)C2)n1. The molecule has 0 bridgehead atoms. The first-order valence-electron chi connectivity index (χ1n) is 8.46. The topological polar surface area (TPSA) is 64.6 Å². The number of hydrogen-bond acceptors (Lipinski definition) is 5. The van der Waals surface area contributed by atoms with Gasteiger partial charge in [-0.2, -0.15) is 4.98 Å². The Morgan fingerprint density at radius 3 is 2.76 bits per heavy atom. The fourth-order valence-corrected chi connectivity index (χ4v) is 2.93. The van der Waals surface area contributed by atoms with Crippen molar-refractivity contribution in [2.24, 2.45) is 0 Å². The van der Waals surface area contributed by atoms with Gasteiger partial charge in [0.2, 0.25) is 11.8 Å². The maximum Gasteiger partial charge on any atom is 0.253 e. The summed E-state index contributed by atoms with van der Waals surface area (Å²) in [6.45, 7) is 5.36. The van der Waals surface area contributed by atoms with E-state index in [2.05, 4.69) is 9.97 Å². The second kappa shape index (κ2) is 7.51. The number of hydrogen-bond donors (Lipinski definition) is 0. The number of amides is 1. The summed E-state index contributed by atoms with van der Waals surface area (Å²) in [7, 11) is 1.54. The average molecular weight is 341 g/mol. The standard InChI is InChI=1S/C19H23N3O3/c1-13-6-7-15(9-14(13)2)19(23)22-8-4-5-16(12-22)25-18-11-20-10-17(21-18)24-3/h6-7,9-11,16H,4-5,8,12H2,1-3H3. The first-order chi connectivity index (χ1) is 12.1. The quantitative estimate of drug-likeness (QED) is 0.855. The summed E-state index contributed by atoms with van der Waals surface area (Å²) < 4.78 is 11.0. The molecule has 2 aromatic rings. The Morgan fingerprint density at radius 2 is 2.00 bits per heavy atom. The molecule has 1 aromatic carbocycles. The lowest BCUT2D eigenvalue weighted by atomic mass is 10.0. The summed E-state index contributed by atoms with van der Waals surface area (Å²) in [4.78, 5) is 22.9. The highest BCUT2D eigenvalue weighted by Gasteiger charge is 2.26. The third kappa shape index (κ3) is 4.07. The van der Waals surface area contributed by atoms with Crippen molar-refractivity contribution in [2.45, 2.75) is 32.8 Å². The zero-order valence-electron chi connectivity index (χ0n) is 14.9. The largest absolute Gasteiger partial charge is 0.480 e. The van der Waals surface area contributed by atoms with Gasteiger partial charge in [-0.1, -0.05) is 6.07 Å². The third-order valence-electron chi connectivity index (χ3n) is 4.51. The van der Waals surface area contributed by atoms with Crippen molar-refractivity contribution in [3.05, 3.63) is 47.3 Å². The van der Waals surface area contributed by atoms with Crippen LogP contribution in [0.5, 0.6) is 11.8 Å². The van der Waals surface area contributed by atoms with Gasteiger partial charge in [0.15, 0.2) is 0 Å². The molecule has 0 saturated carbocycles. The van der Waals surface area contributed by atoms with Crippen LogP contribution in [0.15, 0.2) is 30.6 Å². The van der Waals surface area contributed by atoms with Crippen LogP contribution >= 0.6 is 0 Å². The summed E-state index contributed by atoms with van der Waals surface area (Å²) in [5, 5.41) is 0. The van der Waals surface area contributed by atoms with E-state index in [9.17, 15) is 4.79 Å². The van der Waals surface area contributed by atoms with Gasteiger partial charge in [0.05, 0.1) is 26.0 Å². The third-order valence-corrected chi connectivity index (χ3v) is 4.51. The summed E-state index contributed by atoms with van der Waals surface area (Å²) in [5.41, 5.74) is 3.04. The van der Waals surface area contributed by atoms with Crippen LogP contribution in [-0.4, -0.2) is 47.1 Å².